The van der Waals surface area contributed by atoms with Gasteiger partial charge in [0, 0.05) is 37.3 Å². The highest BCUT2D eigenvalue weighted by Gasteiger charge is 2.37. The Morgan fingerprint density at radius 1 is 0.474 bits per heavy atom. The highest BCUT2D eigenvalue weighted by molar-refractivity contribution is 8.45. The lowest BCUT2D eigenvalue weighted by atomic mass is 9.72. The van der Waals surface area contributed by atoms with E-state index in [9.17, 15) is 0 Å². The van der Waals surface area contributed by atoms with Gasteiger partial charge in [-0.2, -0.15) is 0 Å². The van der Waals surface area contributed by atoms with E-state index in [1.54, 1.807) is 11.1 Å². The van der Waals surface area contributed by atoms with Crippen LogP contribution < -0.4 is 0 Å². The summed E-state index contributed by atoms with van der Waals surface area (Å²) in [4.78, 5) is 5.82. The normalized spacial score (nSPS) is 28.5. The summed E-state index contributed by atoms with van der Waals surface area (Å²) in [5.74, 6) is 1.88. The third-order valence-corrected chi connectivity index (χ3v) is 19.7. The third kappa shape index (κ3) is 4.14. The molecule has 0 nitrogen and oxygen atoms in total. The van der Waals surface area contributed by atoms with Crippen LogP contribution >= 0.6 is 94.1 Å². The third-order valence-electron chi connectivity index (χ3n) is 8.02. The van der Waals surface area contributed by atoms with Crippen molar-refractivity contribution in [3.05, 3.63) is 96.7 Å². The van der Waals surface area contributed by atoms with Crippen LogP contribution in [0.25, 0.3) is 0 Å². The summed E-state index contributed by atoms with van der Waals surface area (Å²) in [5, 5.41) is 0. The van der Waals surface area contributed by atoms with Gasteiger partial charge >= 0.3 is 0 Å². The fraction of sp³-hybridized carbons (Fsp3) is 0.267. The lowest BCUT2D eigenvalue weighted by molar-refractivity contribution is 0.550. The molecule has 0 amide bonds. The Labute approximate surface area is 258 Å². The predicted molar refractivity (Wildman–Crippen MR) is 177 cm³/mol. The maximum Gasteiger partial charge on any atom is 0.0718 e. The molecule has 0 fully saturated rings. The molecule has 2 aromatic rings. The zero-order valence-electron chi connectivity index (χ0n) is 20.2. The molecule has 3 unspecified atom stereocenters. The highest BCUT2D eigenvalue weighted by atomic mass is 32.3. The maximum absolute atomic E-state index is 2.53. The van der Waals surface area contributed by atoms with Crippen LogP contribution in [-0.4, -0.2) is 0 Å². The summed E-state index contributed by atoms with van der Waals surface area (Å²) in [7, 11) is 0. The minimum Gasteiger partial charge on any atom is -0.0879 e. The van der Waals surface area contributed by atoms with E-state index in [2.05, 4.69) is 54.6 Å². The maximum atomic E-state index is 2.53. The van der Waals surface area contributed by atoms with Gasteiger partial charge in [0.05, 0.1) is 25.4 Å². The molecule has 38 heavy (non-hydrogen) atoms. The van der Waals surface area contributed by atoms with Gasteiger partial charge in [-0.25, -0.2) is 0 Å². The molecule has 2 bridgehead atoms. The van der Waals surface area contributed by atoms with Gasteiger partial charge in [-0.15, -0.1) is 0 Å². The van der Waals surface area contributed by atoms with Gasteiger partial charge in [0.25, 0.3) is 0 Å². The van der Waals surface area contributed by atoms with Crippen LogP contribution in [0, 0.1) is 0 Å². The van der Waals surface area contributed by atoms with Gasteiger partial charge in [0.15, 0.2) is 0 Å². The monoisotopic (exact) mass is 638 g/mol. The van der Waals surface area contributed by atoms with Crippen molar-refractivity contribution in [1.82, 2.24) is 0 Å². The fourth-order valence-corrected chi connectivity index (χ4v) is 18.1. The van der Waals surface area contributed by atoms with Crippen molar-refractivity contribution < 1.29 is 0 Å². The Bertz CT molecular complexity index is 1520. The topological polar surface area (TPSA) is 0 Å². The molecule has 8 heteroatoms. The van der Waals surface area contributed by atoms with Gasteiger partial charge in [0.1, 0.15) is 0 Å². The Kier molecular flexibility index (Phi) is 6.30. The molecule has 4 heterocycles. The van der Waals surface area contributed by atoms with Crippen LogP contribution in [0.3, 0.4) is 0 Å². The number of hydrogen-bond donors (Lipinski definition) is 0. The summed E-state index contributed by atoms with van der Waals surface area (Å²) in [6.07, 6.45) is 16.2. The molecule has 4 aliphatic carbocycles. The second-order valence-corrected chi connectivity index (χ2v) is 20.2. The average Bonchev–Trinajstić information content (AvgIpc) is 3.58. The van der Waals surface area contributed by atoms with E-state index in [1.165, 1.54) is 82.7 Å². The van der Waals surface area contributed by atoms with Crippen LogP contribution in [0.15, 0.2) is 99.6 Å². The molecule has 8 aliphatic rings. The summed E-state index contributed by atoms with van der Waals surface area (Å²) < 4.78 is 8.91. The second kappa shape index (κ2) is 9.75. The highest BCUT2D eigenvalue weighted by Crippen LogP contribution is 2.71. The quantitative estimate of drug-likeness (QED) is 0.279. The zero-order chi connectivity index (χ0) is 24.8. The number of thioether (sulfide) groups is 8. The van der Waals surface area contributed by atoms with Gasteiger partial charge in [-0.1, -0.05) is 124 Å². The molecule has 0 saturated heterocycles. The molecule has 10 rings (SSSR count). The molecular weight excluding hydrogens is 617 g/mol. The number of benzene rings is 2. The molecule has 0 saturated carbocycles. The van der Waals surface area contributed by atoms with E-state index in [-0.39, 0.29) is 0 Å². The number of allylic oxidation sites excluding steroid dienone is 4. The van der Waals surface area contributed by atoms with Crippen molar-refractivity contribution in [2.24, 2.45) is 0 Å². The van der Waals surface area contributed by atoms with Crippen LogP contribution in [0.1, 0.15) is 66.5 Å². The summed E-state index contributed by atoms with van der Waals surface area (Å²) >= 11 is 16.1. The standard InChI is InChI=1S/C30H22S8/c1-2-4-15(5-3-1)18-10-11-21-22(12-18)32-26-25(31-21)35-29(36-26)30-37-27-28(38-30)34-24-14-20-17-7-6-16(8-9-17)19(20)13-23(24)33-27/h2,4,6-7,10-17H,1,3,5,8-9H2. The Hall–Kier alpha value is -0.0600. The van der Waals surface area contributed by atoms with E-state index >= 15 is 0 Å². The molecule has 0 radical (unpaired) electrons. The van der Waals surface area contributed by atoms with E-state index in [0.29, 0.717) is 17.8 Å². The van der Waals surface area contributed by atoms with Crippen LogP contribution in [-0.2, 0) is 0 Å². The van der Waals surface area contributed by atoms with Crippen molar-refractivity contribution in [1.29, 1.82) is 0 Å². The van der Waals surface area contributed by atoms with Crippen LogP contribution in [0.2, 0.25) is 0 Å². The number of fused-ring (bicyclic) bond motifs is 3. The van der Waals surface area contributed by atoms with Crippen molar-refractivity contribution in [2.45, 2.75) is 69.4 Å². The molecule has 0 N–H and O–H groups in total. The van der Waals surface area contributed by atoms with E-state index in [0.717, 1.165) is 0 Å². The first-order valence-electron chi connectivity index (χ1n) is 13.1. The molecule has 0 spiro atoms. The van der Waals surface area contributed by atoms with Crippen LogP contribution in [0.4, 0.5) is 0 Å². The number of rotatable bonds is 1. The van der Waals surface area contributed by atoms with Crippen molar-refractivity contribution in [3.8, 4) is 0 Å². The molecule has 3 atom stereocenters. The summed E-state index contributed by atoms with van der Waals surface area (Å²) in [6, 6.07) is 12.3. The van der Waals surface area contributed by atoms with Gasteiger partial charge in [0.2, 0.25) is 0 Å². The molecular formula is C30H22S8. The lowest BCUT2D eigenvalue weighted by Gasteiger charge is -2.35. The molecule has 190 valence electrons. The smallest absolute Gasteiger partial charge is 0.0718 e. The number of hydrogen-bond acceptors (Lipinski definition) is 8. The Morgan fingerprint density at radius 2 is 1.00 bits per heavy atom. The van der Waals surface area contributed by atoms with Crippen molar-refractivity contribution in [3.63, 3.8) is 0 Å². The first kappa shape index (κ1) is 24.5. The largest absolute Gasteiger partial charge is 0.0879 e. The second-order valence-electron chi connectivity index (χ2n) is 10.3. The van der Waals surface area contributed by atoms with E-state index in [4.69, 9.17) is 0 Å². The van der Waals surface area contributed by atoms with E-state index < -0.39 is 0 Å². The SMILES string of the molecule is C1=CC(c2ccc3c(c2)SC2=C(SC(=C4SC5=C(S4)Sc4cc6c(cc4S5)C4C=CC6CC4)S2)S3)CCC1. The Balaban J connectivity index is 0.937. The minimum atomic E-state index is 0.595. The Morgan fingerprint density at radius 3 is 1.53 bits per heavy atom. The fourth-order valence-electron chi connectivity index (χ4n) is 6.10. The van der Waals surface area contributed by atoms with Gasteiger partial charge in [-0.05, 0) is 73.1 Å². The van der Waals surface area contributed by atoms with Crippen molar-refractivity contribution in [2.75, 3.05) is 0 Å². The van der Waals surface area contributed by atoms with Crippen molar-refractivity contribution >= 4 is 94.1 Å². The van der Waals surface area contributed by atoms with Gasteiger partial charge in [-0.3, -0.25) is 0 Å². The minimum absolute atomic E-state index is 0.595. The first-order chi connectivity index (χ1) is 18.7. The van der Waals surface area contributed by atoms with Crippen LogP contribution in [0.5, 0.6) is 0 Å². The molecule has 0 aromatic heterocycles. The average molecular weight is 639 g/mol. The summed E-state index contributed by atoms with van der Waals surface area (Å²) in [6.45, 7) is 0. The molecule has 4 aliphatic heterocycles. The predicted octanol–water partition coefficient (Wildman–Crippen LogP) is 12.5. The molecule has 2 aromatic carbocycles. The first-order valence-corrected chi connectivity index (χ1v) is 19.6. The van der Waals surface area contributed by atoms with Gasteiger partial charge < -0.3 is 0 Å². The zero-order valence-corrected chi connectivity index (χ0v) is 26.8. The summed E-state index contributed by atoms with van der Waals surface area (Å²) in [5.41, 5.74) is 4.69. The lowest BCUT2D eigenvalue weighted by Crippen LogP contribution is -2.17. The van der Waals surface area contributed by atoms with E-state index in [1.807, 2.05) is 94.1 Å².